The minimum absolute atomic E-state index is 0.0893. The molecule has 1 saturated heterocycles. The smallest absolute Gasteiger partial charge is 0.0777 e. The highest BCUT2D eigenvalue weighted by Crippen LogP contribution is 2.29. The standard InChI is InChI=1S/C14H28N2O/c1-14(17-3)8-5-9-16(11-14)10-12-6-4-7-13(12)15-2/h12-13,15H,4-11H2,1-3H3. The van der Waals surface area contributed by atoms with E-state index in [0.717, 1.165) is 18.5 Å². The lowest BCUT2D eigenvalue weighted by molar-refractivity contribution is -0.0540. The first-order valence-electron chi connectivity index (χ1n) is 7.11. The van der Waals surface area contributed by atoms with Gasteiger partial charge >= 0.3 is 0 Å². The molecular formula is C14H28N2O. The quantitative estimate of drug-likeness (QED) is 0.812. The van der Waals surface area contributed by atoms with E-state index in [0.29, 0.717) is 0 Å². The number of piperidine rings is 1. The Labute approximate surface area is 106 Å². The molecule has 3 heteroatoms. The average Bonchev–Trinajstić information content (AvgIpc) is 2.76. The van der Waals surface area contributed by atoms with Crippen LogP contribution in [0.5, 0.6) is 0 Å². The summed E-state index contributed by atoms with van der Waals surface area (Å²) in [6, 6.07) is 0.741. The van der Waals surface area contributed by atoms with Gasteiger partial charge in [0.05, 0.1) is 5.60 Å². The third-order valence-electron chi connectivity index (χ3n) is 4.75. The van der Waals surface area contributed by atoms with Crippen molar-refractivity contribution in [3.63, 3.8) is 0 Å². The summed E-state index contributed by atoms with van der Waals surface area (Å²) in [6.45, 7) is 5.87. The van der Waals surface area contributed by atoms with Gasteiger partial charge in [0.2, 0.25) is 0 Å². The first-order chi connectivity index (χ1) is 8.17. The molecule has 2 rings (SSSR count). The van der Waals surface area contributed by atoms with Crippen LogP contribution in [-0.4, -0.2) is 50.3 Å². The second-order valence-electron chi connectivity index (χ2n) is 6.08. The van der Waals surface area contributed by atoms with Crippen molar-refractivity contribution in [1.29, 1.82) is 0 Å². The number of likely N-dealkylation sites (tertiary alicyclic amines) is 1. The van der Waals surface area contributed by atoms with Crippen molar-refractivity contribution in [3.05, 3.63) is 0 Å². The summed E-state index contributed by atoms with van der Waals surface area (Å²) in [5.74, 6) is 0.846. The molecule has 100 valence electrons. The summed E-state index contributed by atoms with van der Waals surface area (Å²) < 4.78 is 5.67. The van der Waals surface area contributed by atoms with Gasteiger partial charge in [-0.3, -0.25) is 0 Å². The largest absolute Gasteiger partial charge is 0.377 e. The molecule has 0 aromatic carbocycles. The molecule has 0 amide bonds. The van der Waals surface area contributed by atoms with Crippen LogP contribution in [0.1, 0.15) is 39.0 Å². The van der Waals surface area contributed by atoms with E-state index in [1.807, 2.05) is 7.11 Å². The second-order valence-corrected chi connectivity index (χ2v) is 6.08. The highest BCUT2D eigenvalue weighted by Gasteiger charge is 2.34. The van der Waals surface area contributed by atoms with Crippen molar-refractivity contribution >= 4 is 0 Å². The van der Waals surface area contributed by atoms with Gasteiger partial charge in [-0.2, -0.15) is 0 Å². The molecule has 3 atom stereocenters. The molecule has 1 N–H and O–H groups in total. The van der Waals surface area contributed by atoms with Crippen LogP contribution in [0.25, 0.3) is 0 Å². The zero-order chi connectivity index (χ0) is 12.3. The van der Waals surface area contributed by atoms with E-state index in [1.165, 1.54) is 45.2 Å². The molecule has 1 heterocycles. The van der Waals surface area contributed by atoms with Gasteiger partial charge in [-0.15, -0.1) is 0 Å². The van der Waals surface area contributed by atoms with Crippen molar-refractivity contribution in [2.45, 2.75) is 50.7 Å². The summed E-state index contributed by atoms with van der Waals surface area (Å²) >= 11 is 0. The fourth-order valence-corrected chi connectivity index (χ4v) is 3.60. The van der Waals surface area contributed by atoms with Crippen molar-refractivity contribution in [2.75, 3.05) is 33.8 Å². The second kappa shape index (κ2) is 5.68. The number of methoxy groups -OCH3 is 1. The molecule has 1 aliphatic carbocycles. The van der Waals surface area contributed by atoms with Gasteiger partial charge in [-0.1, -0.05) is 6.42 Å². The maximum atomic E-state index is 5.67. The minimum Gasteiger partial charge on any atom is -0.377 e. The van der Waals surface area contributed by atoms with Gasteiger partial charge < -0.3 is 15.0 Å². The van der Waals surface area contributed by atoms with Crippen LogP contribution < -0.4 is 5.32 Å². The molecule has 0 aromatic heterocycles. The van der Waals surface area contributed by atoms with E-state index in [9.17, 15) is 0 Å². The Bertz CT molecular complexity index is 246. The molecule has 2 fully saturated rings. The molecule has 17 heavy (non-hydrogen) atoms. The Morgan fingerprint density at radius 1 is 1.35 bits per heavy atom. The van der Waals surface area contributed by atoms with E-state index in [2.05, 4.69) is 24.2 Å². The average molecular weight is 240 g/mol. The van der Waals surface area contributed by atoms with Crippen LogP contribution >= 0.6 is 0 Å². The molecule has 3 nitrogen and oxygen atoms in total. The van der Waals surface area contributed by atoms with E-state index >= 15 is 0 Å². The molecule has 3 unspecified atom stereocenters. The van der Waals surface area contributed by atoms with Crippen LogP contribution in [0.4, 0.5) is 0 Å². The van der Waals surface area contributed by atoms with Gasteiger partial charge in [0.25, 0.3) is 0 Å². The Balaban J connectivity index is 1.86. The fourth-order valence-electron chi connectivity index (χ4n) is 3.60. The first kappa shape index (κ1) is 13.3. The fraction of sp³-hybridized carbons (Fsp3) is 1.00. The zero-order valence-corrected chi connectivity index (χ0v) is 11.7. The highest BCUT2D eigenvalue weighted by atomic mass is 16.5. The summed E-state index contributed by atoms with van der Waals surface area (Å²) in [5.41, 5.74) is 0.0893. The number of hydrogen-bond acceptors (Lipinski definition) is 3. The minimum atomic E-state index is 0.0893. The van der Waals surface area contributed by atoms with Crippen LogP contribution in [-0.2, 0) is 4.74 Å². The summed E-state index contributed by atoms with van der Waals surface area (Å²) in [5, 5.41) is 3.48. The Kier molecular flexibility index (Phi) is 4.45. The van der Waals surface area contributed by atoms with E-state index in [4.69, 9.17) is 4.74 Å². The number of hydrogen-bond donors (Lipinski definition) is 1. The molecule has 1 saturated carbocycles. The Hall–Kier alpha value is -0.120. The highest BCUT2D eigenvalue weighted by molar-refractivity contribution is 4.89. The van der Waals surface area contributed by atoms with Crippen molar-refractivity contribution in [3.8, 4) is 0 Å². The van der Waals surface area contributed by atoms with Crippen molar-refractivity contribution in [1.82, 2.24) is 10.2 Å². The topological polar surface area (TPSA) is 24.5 Å². The van der Waals surface area contributed by atoms with Gasteiger partial charge in [0, 0.05) is 26.2 Å². The lowest BCUT2D eigenvalue weighted by Gasteiger charge is -2.41. The lowest BCUT2D eigenvalue weighted by Crippen LogP contribution is -2.50. The van der Waals surface area contributed by atoms with Gasteiger partial charge in [-0.25, -0.2) is 0 Å². The zero-order valence-electron chi connectivity index (χ0n) is 11.7. The number of nitrogens with one attached hydrogen (secondary N) is 1. The summed E-state index contributed by atoms with van der Waals surface area (Å²) in [6.07, 6.45) is 6.63. The van der Waals surface area contributed by atoms with Gasteiger partial charge in [-0.05, 0) is 52.1 Å². The van der Waals surface area contributed by atoms with E-state index in [1.54, 1.807) is 0 Å². The van der Waals surface area contributed by atoms with E-state index < -0.39 is 0 Å². The molecule has 0 radical (unpaired) electrons. The Morgan fingerprint density at radius 2 is 2.18 bits per heavy atom. The first-order valence-corrected chi connectivity index (χ1v) is 7.11. The number of nitrogens with zero attached hydrogens (tertiary/aromatic N) is 1. The predicted octanol–water partition coefficient (Wildman–Crippen LogP) is 1.88. The normalized spacial score (nSPS) is 39.7. The molecule has 0 aromatic rings. The van der Waals surface area contributed by atoms with Crippen LogP contribution in [0.2, 0.25) is 0 Å². The third-order valence-corrected chi connectivity index (χ3v) is 4.75. The van der Waals surface area contributed by atoms with E-state index in [-0.39, 0.29) is 5.60 Å². The lowest BCUT2D eigenvalue weighted by atomic mass is 9.93. The molecule has 0 spiro atoms. The van der Waals surface area contributed by atoms with Crippen LogP contribution in [0, 0.1) is 5.92 Å². The third kappa shape index (κ3) is 3.21. The summed E-state index contributed by atoms with van der Waals surface area (Å²) in [4.78, 5) is 2.62. The maximum absolute atomic E-state index is 5.67. The molecule has 0 bridgehead atoms. The Morgan fingerprint density at radius 3 is 2.88 bits per heavy atom. The number of rotatable bonds is 4. The molecular weight excluding hydrogens is 212 g/mol. The van der Waals surface area contributed by atoms with Crippen LogP contribution in [0.3, 0.4) is 0 Å². The predicted molar refractivity (Wildman–Crippen MR) is 71.3 cm³/mol. The maximum Gasteiger partial charge on any atom is 0.0777 e. The van der Waals surface area contributed by atoms with Crippen molar-refractivity contribution in [2.24, 2.45) is 5.92 Å². The monoisotopic (exact) mass is 240 g/mol. The molecule has 2 aliphatic rings. The molecule has 1 aliphatic heterocycles. The summed E-state index contributed by atoms with van der Waals surface area (Å²) in [7, 11) is 3.97. The van der Waals surface area contributed by atoms with Crippen LogP contribution in [0.15, 0.2) is 0 Å². The van der Waals surface area contributed by atoms with Crippen molar-refractivity contribution < 1.29 is 4.74 Å². The SMILES string of the molecule is CNC1CCCC1CN1CCCC(C)(OC)C1. The van der Waals surface area contributed by atoms with Gasteiger partial charge in [0.15, 0.2) is 0 Å². The van der Waals surface area contributed by atoms with Gasteiger partial charge in [0.1, 0.15) is 0 Å². The number of ether oxygens (including phenoxy) is 1.